The summed E-state index contributed by atoms with van der Waals surface area (Å²) in [5, 5.41) is 2.82. The Balaban J connectivity index is 1.41. The minimum Gasteiger partial charge on any atom is -0.348 e. The fraction of sp³-hybridized carbons (Fsp3) is 0.240. The fourth-order valence-electron chi connectivity index (χ4n) is 3.77. The fourth-order valence-corrected chi connectivity index (χ4v) is 5.29. The molecule has 32 heavy (non-hydrogen) atoms. The van der Waals surface area contributed by atoms with E-state index < -0.39 is 10.0 Å². The van der Waals surface area contributed by atoms with Crippen LogP contribution in [0.4, 0.5) is 4.39 Å². The summed E-state index contributed by atoms with van der Waals surface area (Å²) < 4.78 is 40.1. The van der Waals surface area contributed by atoms with Gasteiger partial charge in [0, 0.05) is 25.2 Å². The van der Waals surface area contributed by atoms with Gasteiger partial charge in [0.2, 0.25) is 10.0 Å². The van der Waals surface area contributed by atoms with Crippen molar-refractivity contribution in [3.05, 3.63) is 89.7 Å². The Hall–Kier alpha value is -3.03. The monoisotopic (exact) mass is 452 g/mol. The molecule has 0 saturated carbocycles. The van der Waals surface area contributed by atoms with E-state index >= 15 is 0 Å². The second-order valence-corrected chi connectivity index (χ2v) is 9.81. The van der Waals surface area contributed by atoms with E-state index in [2.05, 4.69) is 5.32 Å². The lowest BCUT2D eigenvalue weighted by Gasteiger charge is -2.25. The van der Waals surface area contributed by atoms with Crippen LogP contribution in [0.15, 0.2) is 77.7 Å². The normalized spacial score (nSPS) is 14.8. The molecule has 3 aromatic carbocycles. The molecule has 0 radical (unpaired) electrons. The molecule has 5 nitrogen and oxygen atoms in total. The first-order valence-electron chi connectivity index (χ1n) is 10.7. The standard InChI is InChI=1S/C25H25FN2O3S/c26-23-12-4-19(5-13-23)18-27-25(29)22-8-6-20(7-9-22)21-10-14-24(15-11-21)32(30,31)28-16-2-1-3-17-28/h4-15H,1-3,16-18H2,(H,27,29). The van der Waals surface area contributed by atoms with E-state index in [4.69, 9.17) is 0 Å². The van der Waals surface area contributed by atoms with Crippen molar-refractivity contribution >= 4 is 15.9 Å². The number of amides is 1. The summed E-state index contributed by atoms with van der Waals surface area (Å²) in [4.78, 5) is 12.7. The molecule has 1 N–H and O–H groups in total. The van der Waals surface area contributed by atoms with Crippen molar-refractivity contribution in [2.24, 2.45) is 0 Å². The molecule has 0 aromatic heterocycles. The number of halogens is 1. The number of carbonyl (C=O) groups is 1. The van der Waals surface area contributed by atoms with Crippen LogP contribution in [-0.4, -0.2) is 31.7 Å². The summed E-state index contributed by atoms with van der Waals surface area (Å²) in [6.07, 6.45) is 2.88. The summed E-state index contributed by atoms with van der Waals surface area (Å²) in [7, 11) is -3.45. The first-order valence-corrected chi connectivity index (χ1v) is 12.1. The molecular weight excluding hydrogens is 427 g/mol. The lowest BCUT2D eigenvalue weighted by Crippen LogP contribution is -2.35. The van der Waals surface area contributed by atoms with Crippen LogP contribution in [-0.2, 0) is 16.6 Å². The number of nitrogens with zero attached hydrogens (tertiary/aromatic N) is 1. The van der Waals surface area contributed by atoms with Gasteiger partial charge in [0.05, 0.1) is 4.90 Å². The second kappa shape index (κ2) is 9.63. The van der Waals surface area contributed by atoms with E-state index in [9.17, 15) is 17.6 Å². The van der Waals surface area contributed by atoms with Gasteiger partial charge in [0.15, 0.2) is 0 Å². The third-order valence-electron chi connectivity index (χ3n) is 5.65. The van der Waals surface area contributed by atoms with Crippen molar-refractivity contribution in [1.29, 1.82) is 0 Å². The lowest BCUT2D eigenvalue weighted by atomic mass is 10.0. The Labute approximate surface area is 187 Å². The highest BCUT2D eigenvalue weighted by Gasteiger charge is 2.25. The van der Waals surface area contributed by atoms with Crippen LogP contribution in [0.5, 0.6) is 0 Å². The third-order valence-corrected chi connectivity index (χ3v) is 7.57. The molecule has 0 unspecified atom stereocenters. The molecule has 1 fully saturated rings. The Morgan fingerprint density at radius 3 is 1.97 bits per heavy atom. The Morgan fingerprint density at radius 1 is 0.812 bits per heavy atom. The van der Waals surface area contributed by atoms with Crippen molar-refractivity contribution < 1.29 is 17.6 Å². The van der Waals surface area contributed by atoms with E-state index in [0.717, 1.165) is 36.0 Å². The number of piperidine rings is 1. The number of carbonyl (C=O) groups excluding carboxylic acids is 1. The number of sulfonamides is 1. The molecule has 1 aliphatic heterocycles. The maximum Gasteiger partial charge on any atom is 0.251 e. The topological polar surface area (TPSA) is 66.5 Å². The molecule has 0 bridgehead atoms. The second-order valence-electron chi connectivity index (χ2n) is 7.88. The van der Waals surface area contributed by atoms with E-state index in [1.165, 1.54) is 12.1 Å². The summed E-state index contributed by atoms with van der Waals surface area (Å²) in [5.41, 5.74) is 3.10. The SMILES string of the molecule is O=C(NCc1ccc(F)cc1)c1ccc(-c2ccc(S(=O)(=O)N3CCCCC3)cc2)cc1. The van der Waals surface area contributed by atoms with Gasteiger partial charge in [-0.3, -0.25) is 4.79 Å². The van der Waals surface area contributed by atoms with Crippen LogP contribution in [0.2, 0.25) is 0 Å². The van der Waals surface area contributed by atoms with Crippen LogP contribution in [0.3, 0.4) is 0 Å². The van der Waals surface area contributed by atoms with Crippen molar-refractivity contribution in [2.45, 2.75) is 30.7 Å². The number of hydrogen-bond donors (Lipinski definition) is 1. The molecule has 4 rings (SSSR count). The molecule has 1 amide bonds. The molecule has 1 aliphatic rings. The van der Waals surface area contributed by atoms with Crippen LogP contribution in [0.25, 0.3) is 11.1 Å². The van der Waals surface area contributed by atoms with Gasteiger partial charge >= 0.3 is 0 Å². The van der Waals surface area contributed by atoms with Gasteiger partial charge in [0.1, 0.15) is 5.82 Å². The Bertz CT molecular complexity index is 1170. The first-order chi connectivity index (χ1) is 15.4. The third kappa shape index (κ3) is 5.06. The molecular formula is C25H25FN2O3S. The van der Waals surface area contributed by atoms with Crippen molar-refractivity contribution in [1.82, 2.24) is 9.62 Å². The van der Waals surface area contributed by atoms with Crippen molar-refractivity contribution in [3.8, 4) is 11.1 Å². The quantitative estimate of drug-likeness (QED) is 0.595. The summed E-state index contributed by atoms with van der Waals surface area (Å²) in [6.45, 7) is 1.47. The molecule has 0 atom stereocenters. The highest BCUT2D eigenvalue weighted by molar-refractivity contribution is 7.89. The minimum absolute atomic E-state index is 0.219. The minimum atomic E-state index is -3.45. The largest absolute Gasteiger partial charge is 0.348 e. The van der Waals surface area contributed by atoms with Crippen molar-refractivity contribution in [3.63, 3.8) is 0 Å². The number of nitrogens with one attached hydrogen (secondary N) is 1. The zero-order valence-corrected chi connectivity index (χ0v) is 18.4. The van der Waals surface area contributed by atoms with Gasteiger partial charge in [-0.2, -0.15) is 4.31 Å². The number of rotatable bonds is 6. The average molecular weight is 453 g/mol. The molecule has 3 aromatic rings. The molecule has 0 spiro atoms. The summed E-state index contributed by atoms with van der Waals surface area (Å²) in [5.74, 6) is -0.531. The molecule has 1 saturated heterocycles. The van der Waals surface area contributed by atoms with Gasteiger partial charge in [-0.25, -0.2) is 12.8 Å². The van der Waals surface area contributed by atoms with E-state index in [1.54, 1.807) is 52.8 Å². The molecule has 0 aliphatic carbocycles. The molecule has 7 heteroatoms. The summed E-state index contributed by atoms with van der Waals surface area (Å²) >= 11 is 0. The molecule has 166 valence electrons. The van der Waals surface area contributed by atoms with Gasteiger partial charge in [-0.15, -0.1) is 0 Å². The Morgan fingerprint density at radius 2 is 1.38 bits per heavy atom. The van der Waals surface area contributed by atoms with E-state index in [1.807, 2.05) is 12.1 Å². The smallest absolute Gasteiger partial charge is 0.251 e. The lowest BCUT2D eigenvalue weighted by molar-refractivity contribution is 0.0951. The van der Waals surface area contributed by atoms with E-state index in [0.29, 0.717) is 30.1 Å². The Kier molecular flexibility index (Phi) is 6.67. The van der Waals surface area contributed by atoms with Crippen LogP contribution < -0.4 is 5.32 Å². The number of hydrogen-bond acceptors (Lipinski definition) is 3. The van der Waals surface area contributed by atoms with E-state index in [-0.39, 0.29) is 11.7 Å². The van der Waals surface area contributed by atoms with Crippen LogP contribution in [0, 0.1) is 5.82 Å². The van der Waals surface area contributed by atoms with Gasteiger partial charge < -0.3 is 5.32 Å². The molecule has 1 heterocycles. The maximum absolute atomic E-state index is 13.0. The van der Waals surface area contributed by atoms with Gasteiger partial charge in [0.25, 0.3) is 5.91 Å². The van der Waals surface area contributed by atoms with Gasteiger partial charge in [-0.05, 0) is 65.9 Å². The predicted octanol–water partition coefficient (Wildman–Crippen LogP) is 4.60. The van der Waals surface area contributed by atoms with Crippen LogP contribution >= 0.6 is 0 Å². The highest BCUT2D eigenvalue weighted by atomic mass is 32.2. The zero-order chi connectivity index (χ0) is 22.6. The average Bonchev–Trinajstić information content (AvgIpc) is 2.84. The number of benzene rings is 3. The van der Waals surface area contributed by atoms with Crippen molar-refractivity contribution in [2.75, 3.05) is 13.1 Å². The first kappa shape index (κ1) is 22.2. The predicted molar refractivity (Wildman–Crippen MR) is 122 cm³/mol. The summed E-state index contributed by atoms with van der Waals surface area (Å²) in [6, 6.07) is 20.0. The zero-order valence-electron chi connectivity index (χ0n) is 17.6. The maximum atomic E-state index is 13.0. The van der Waals surface area contributed by atoms with Crippen LogP contribution in [0.1, 0.15) is 35.2 Å². The highest BCUT2D eigenvalue weighted by Crippen LogP contribution is 2.25. The van der Waals surface area contributed by atoms with Gasteiger partial charge in [-0.1, -0.05) is 42.8 Å².